The van der Waals surface area contributed by atoms with Gasteiger partial charge in [0.25, 0.3) is 0 Å². The van der Waals surface area contributed by atoms with Crippen molar-refractivity contribution >= 4 is 17.7 Å². The number of aliphatic carboxylic acids is 1. The predicted molar refractivity (Wildman–Crippen MR) is 103 cm³/mol. The number of nitrogens with zero attached hydrogens (tertiary/aromatic N) is 2. The lowest BCUT2D eigenvalue weighted by atomic mass is 9.91. The minimum absolute atomic E-state index is 0.136. The van der Waals surface area contributed by atoms with Crippen LogP contribution in [0.1, 0.15) is 18.9 Å². The fourth-order valence-corrected chi connectivity index (χ4v) is 3.28. The van der Waals surface area contributed by atoms with Crippen molar-refractivity contribution in [3.63, 3.8) is 0 Å². The Hall–Kier alpha value is -3.53. The zero-order chi connectivity index (χ0) is 20.1. The molecule has 2 aromatic carbocycles. The SMILES string of the molecule is CC1CC(C(=O)O)CN(C(=O)Nc2ccc(Oc3ccccc3C#N)cc2)C1. The van der Waals surface area contributed by atoms with Gasteiger partial charge in [-0.15, -0.1) is 0 Å². The Labute approximate surface area is 163 Å². The number of ether oxygens (including phenoxy) is 1. The third-order valence-electron chi connectivity index (χ3n) is 4.64. The lowest BCUT2D eigenvalue weighted by Gasteiger charge is -2.34. The Morgan fingerprint density at radius 2 is 1.89 bits per heavy atom. The first-order chi connectivity index (χ1) is 13.5. The smallest absolute Gasteiger partial charge is 0.321 e. The number of para-hydroxylation sites is 1. The first kappa shape index (κ1) is 19.2. The molecule has 28 heavy (non-hydrogen) atoms. The number of nitrogens with one attached hydrogen (secondary N) is 1. The van der Waals surface area contributed by atoms with Gasteiger partial charge in [0.2, 0.25) is 0 Å². The maximum atomic E-state index is 12.5. The zero-order valence-corrected chi connectivity index (χ0v) is 15.5. The Morgan fingerprint density at radius 1 is 1.18 bits per heavy atom. The van der Waals surface area contributed by atoms with E-state index in [0.717, 1.165) is 0 Å². The highest BCUT2D eigenvalue weighted by Gasteiger charge is 2.31. The van der Waals surface area contributed by atoms with E-state index in [4.69, 9.17) is 10.00 Å². The van der Waals surface area contributed by atoms with Crippen molar-refractivity contribution in [1.29, 1.82) is 5.26 Å². The van der Waals surface area contributed by atoms with Gasteiger partial charge in [0.1, 0.15) is 17.6 Å². The highest BCUT2D eigenvalue weighted by molar-refractivity contribution is 5.89. The van der Waals surface area contributed by atoms with Gasteiger partial charge in [-0.1, -0.05) is 19.1 Å². The van der Waals surface area contributed by atoms with Crippen molar-refractivity contribution in [3.05, 3.63) is 54.1 Å². The number of hydrogen-bond acceptors (Lipinski definition) is 4. The van der Waals surface area contributed by atoms with E-state index >= 15 is 0 Å². The summed E-state index contributed by atoms with van der Waals surface area (Å²) in [6, 6.07) is 15.5. The summed E-state index contributed by atoms with van der Waals surface area (Å²) in [4.78, 5) is 25.3. The molecule has 2 N–H and O–H groups in total. The molecule has 1 aliphatic heterocycles. The molecule has 2 amide bonds. The number of amides is 2. The van der Waals surface area contributed by atoms with Crippen LogP contribution in [0.25, 0.3) is 0 Å². The van der Waals surface area contributed by atoms with Gasteiger partial charge >= 0.3 is 12.0 Å². The van der Waals surface area contributed by atoms with Gasteiger partial charge < -0.3 is 20.1 Å². The van der Waals surface area contributed by atoms with Gasteiger partial charge in [-0.05, 0) is 48.7 Å². The number of rotatable bonds is 4. The fraction of sp³-hybridized carbons (Fsp3) is 0.286. The molecule has 0 radical (unpaired) electrons. The Balaban J connectivity index is 1.63. The number of carboxylic acids is 1. The van der Waals surface area contributed by atoms with E-state index in [1.54, 1.807) is 53.4 Å². The number of benzene rings is 2. The summed E-state index contributed by atoms with van der Waals surface area (Å²) in [6.45, 7) is 2.68. The number of anilines is 1. The third-order valence-corrected chi connectivity index (χ3v) is 4.64. The van der Waals surface area contributed by atoms with Crippen molar-refractivity contribution in [3.8, 4) is 17.6 Å². The summed E-state index contributed by atoms with van der Waals surface area (Å²) in [7, 11) is 0. The average molecular weight is 379 g/mol. The molecule has 2 atom stereocenters. The maximum Gasteiger partial charge on any atom is 0.321 e. The number of carbonyl (C=O) groups is 2. The number of likely N-dealkylation sites (tertiary alicyclic amines) is 1. The average Bonchev–Trinajstić information content (AvgIpc) is 2.69. The van der Waals surface area contributed by atoms with Gasteiger partial charge in [-0.2, -0.15) is 5.26 Å². The van der Waals surface area contributed by atoms with Gasteiger partial charge in [0.05, 0.1) is 11.5 Å². The van der Waals surface area contributed by atoms with Crippen molar-refractivity contribution in [1.82, 2.24) is 4.90 Å². The van der Waals surface area contributed by atoms with Crippen LogP contribution in [0.5, 0.6) is 11.5 Å². The Morgan fingerprint density at radius 3 is 2.57 bits per heavy atom. The molecular formula is C21H21N3O4. The minimum Gasteiger partial charge on any atom is -0.481 e. The van der Waals surface area contributed by atoms with Gasteiger partial charge in [0.15, 0.2) is 0 Å². The van der Waals surface area contributed by atoms with E-state index in [-0.39, 0.29) is 18.5 Å². The largest absolute Gasteiger partial charge is 0.481 e. The van der Waals surface area contributed by atoms with E-state index in [0.29, 0.717) is 35.7 Å². The van der Waals surface area contributed by atoms with Crippen LogP contribution in [-0.2, 0) is 4.79 Å². The van der Waals surface area contributed by atoms with Gasteiger partial charge in [-0.25, -0.2) is 4.79 Å². The second-order valence-corrected chi connectivity index (χ2v) is 6.95. The Kier molecular flexibility index (Phi) is 5.80. The molecule has 144 valence electrons. The van der Waals surface area contributed by atoms with Crippen molar-refractivity contribution in [2.75, 3.05) is 18.4 Å². The summed E-state index contributed by atoms with van der Waals surface area (Å²) >= 11 is 0. The number of piperidine rings is 1. The van der Waals surface area contributed by atoms with Crippen molar-refractivity contribution in [2.45, 2.75) is 13.3 Å². The Bertz CT molecular complexity index is 905. The van der Waals surface area contributed by atoms with Crippen LogP contribution in [0.2, 0.25) is 0 Å². The lowest BCUT2D eigenvalue weighted by Crippen LogP contribution is -2.47. The molecule has 2 unspecified atom stereocenters. The molecule has 1 fully saturated rings. The topological polar surface area (TPSA) is 103 Å². The van der Waals surface area contributed by atoms with Crippen LogP contribution in [0.3, 0.4) is 0 Å². The number of hydrogen-bond donors (Lipinski definition) is 2. The first-order valence-corrected chi connectivity index (χ1v) is 9.02. The number of urea groups is 1. The molecule has 0 bridgehead atoms. The molecule has 0 aromatic heterocycles. The molecule has 0 saturated carbocycles. The summed E-state index contributed by atoms with van der Waals surface area (Å²) in [6.07, 6.45) is 0.579. The van der Waals surface area contributed by atoms with Crippen LogP contribution in [0, 0.1) is 23.2 Å². The second kappa shape index (κ2) is 8.44. The molecule has 1 aliphatic rings. The van der Waals surface area contributed by atoms with E-state index < -0.39 is 11.9 Å². The highest BCUT2D eigenvalue weighted by atomic mass is 16.5. The molecule has 2 aromatic rings. The van der Waals surface area contributed by atoms with Crippen molar-refractivity contribution in [2.24, 2.45) is 11.8 Å². The molecule has 7 heteroatoms. The molecule has 1 heterocycles. The van der Waals surface area contributed by atoms with Gasteiger partial charge in [0, 0.05) is 18.8 Å². The molecular weight excluding hydrogens is 358 g/mol. The number of carboxylic acid groups (broad SMARTS) is 1. The van der Waals surface area contributed by atoms with Crippen LogP contribution < -0.4 is 10.1 Å². The number of nitriles is 1. The molecule has 0 aliphatic carbocycles. The second-order valence-electron chi connectivity index (χ2n) is 6.95. The van der Waals surface area contributed by atoms with Crippen LogP contribution in [0.15, 0.2) is 48.5 Å². The first-order valence-electron chi connectivity index (χ1n) is 9.02. The van der Waals surface area contributed by atoms with E-state index in [9.17, 15) is 14.7 Å². The normalized spacial score (nSPS) is 18.8. The van der Waals surface area contributed by atoms with Crippen LogP contribution in [0.4, 0.5) is 10.5 Å². The molecule has 7 nitrogen and oxygen atoms in total. The zero-order valence-electron chi connectivity index (χ0n) is 15.5. The van der Waals surface area contributed by atoms with E-state index in [1.807, 2.05) is 6.92 Å². The quantitative estimate of drug-likeness (QED) is 0.838. The van der Waals surface area contributed by atoms with Gasteiger partial charge in [-0.3, -0.25) is 4.79 Å². The summed E-state index contributed by atoms with van der Waals surface area (Å²) < 4.78 is 5.72. The summed E-state index contributed by atoms with van der Waals surface area (Å²) in [5.41, 5.74) is 1.02. The highest BCUT2D eigenvalue weighted by Crippen LogP contribution is 2.26. The van der Waals surface area contributed by atoms with Crippen LogP contribution in [-0.4, -0.2) is 35.1 Å². The molecule has 1 saturated heterocycles. The molecule has 3 rings (SSSR count). The monoisotopic (exact) mass is 379 g/mol. The summed E-state index contributed by atoms with van der Waals surface area (Å²) in [5, 5.41) is 21.1. The number of carbonyl (C=O) groups excluding carboxylic acids is 1. The predicted octanol–water partition coefficient (Wildman–Crippen LogP) is 3.93. The third kappa shape index (κ3) is 4.60. The fourth-order valence-electron chi connectivity index (χ4n) is 3.28. The van der Waals surface area contributed by atoms with Crippen LogP contribution >= 0.6 is 0 Å². The maximum absolute atomic E-state index is 12.5. The standard InChI is InChI=1S/C21H21N3O4/c1-14-10-16(20(25)26)13-24(12-14)21(27)23-17-6-8-18(9-7-17)28-19-5-3-2-4-15(19)11-22/h2-9,14,16H,10,12-13H2,1H3,(H,23,27)(H,25,26). The van der Waals surface area contributed by atoms with Crippen molar-refractivity contribution < 1.29 is 19.4 Å². The lowest BCUT2D eigenvalue weighted by molar-refractivity contribution is -0.143. The van der Waals surface area contributed by atoms with E-state index in [2.05, 4.69) is 11.4 Å². The van der Waals surface area contributed by atoms with E-state index in [1.165, 1.54) is 0 Å². The minimum atomic E-state index is -0.872. The summed E-state index contributed by atoms with van der Waals surface area (Å²) in [5.74, 6) is -0.271. The molecule has 0 spiro atoms.